The zero-order chi connectivity index (χ0) is 25.0. The van der Waals surface area contributed by atoms with Gasteiger partial charge < -0.3 is 15.0 Å². The van der Waals surface area contributed by atoms with Crippen LogP contribution in [0.3, 0.4) is 0 Å². The number of aromatic nitrogens is 4. The maximum absolute atomic E-state index is 13.3. The Morgan fingerprint density at radius 3 is 2.81 bits per heavy atom. The van der Waals surface area contributed by atoms with Gasteiger partial charge in [-0.15, -0.1) is 0 Å². The van der Waals surface area contributed by atoms with Crippen LogP contribution in [-0.4, -0.2) is 42.2 Å². The number of aromatic amines is 1. The highest BCUT2D eigenvalue weighted by atomic mass is 35.5. The minimum absolute atomic E-state index is 0.111. The lowest BCUT2D eigenvalue weighted by atomic mass is 9.91. The van der Waals surface area contributed by atoms with Crippen LogP contribution < -0.4 is 5.56 Å². The Labute approximate surface area is 212 Å². The number of aryl methyl sites for hydroxylation is 2. The van der Waals surface area contributed by atoms with Crippen LogP contribution in [0.5, 0.6) is 0 Å². The summed E-state index contributed by atoms with van der Waals surface area (Å²) in [7, 11) is 1.92. The van der Waals surface area contributed by atoms with Crippen LogP contribution in [0.15, 0.2) is 53.5 Å². The van der Waals surface area contributed by atoms with Gasteiger partial charge in [0.05, 0.1) is 34.9 Å². The molecule has 1 aliphatic heterocycles. The largest absolute Gasteiger partial charge is 0.378 e. The molecule has 0 spiro atoms. The van der Waals surface area contributed by atoms with E-state index in [1.165, 1.54) is 4.90 Å². The normalized spacial score (nSPS) is 17.5. The van der Waals surface area contributed by atoms with E-state index in [4.69, 9.17) is 16.6 Å². The van der Waals surface area contributed by atoms with Crippen molar-refractivity contribution in [2.75, 3.05) is 6.54 Å². The van der Waals surface area contributed by atoms with E-state index in [-0.39, 0.29) is 17.5 Å². The van der Waals surface area contributed by atoms with E-state index in [1.807, 2.05) is 30.1 Å². The number of halogens is 1. The second-order valence-corrected chi connectivity index (χ2v) is 10.2. The average molecular weight is 504 g/mol. The minimum atomic E-state index is -1.34. The monoisotopic (exact) mass is 503 g/mol. The number of nitrogens with zero attached hydrogens (tertiary/aromatic N) is 4. The van der Waals surface area contributed by atoms with Gasteiger partial charge in [-0.25, -0.2) is 4.98 Å². The van der Waals surface area contributed by atoms with Gasteiger partial charge in [0.1, 0.15) is 5.82 Å². The maximum atomic E-state index is 13.3. The van der Waals surface area contributed by atoms with E-state index in [9.17, 15) is 14.7 Å². The first kappa shape index (κ1) is 22.9. The van der Waals surface area contributed by atoms with Crippen molar-refractivity contribution in [1.29, 1.82) is 0 Å². The molecule has 36 heavy (non-hydrogen) atoms. The number of aliphatic hydroxyl groups excluding tert-OH is 1. The van der Waals surface area contributed by atoms with Crippen molar-refractivity contribution in [2.45, 2.75) is 43.7 Å². The molecule has 1 amide bonds. The topological polar surface area (TPSA) is 104 Å². The molecule has 2 aromatic carbocycles. The Kier molecular flexibility index (Phi) is 5.46. The van der Waals surface area contributed by atoms with E-state index in [0.717, 1.165) is 35.0 Å². The fourth-order valence-electron chi connectivity index (χ4n) is 5.38. The van der Waals surface area contributed by atoms with Gasteiger partial charge in [0.2, 0.25) is 0 Å². The summed E-state index contributed by atoms with van der Waals surface area (Å²) in [5, 5.41) is 16.6. The van der Waals surface area contributed by atoms with Gasteiger partial charge in [0.25, 0.3) is 11.5 Å². The molecule has 3 heterocycles. The van der Waals surface area contributed by atoms with Crippen LogP contribution in [0.4, 0.5) is 0 Å². The van der Waals surface area contributed by atoms with Crippen LogP contribution in [0.25, 0.3) is 10.9 Å². The summed E-state index contributed by atoms with van der Waals surface area (Å²) < 4.78 is 1.85. The predicted molar refractivity (Wildman–Crippen MR) is 136 cm³/mol. The second kappa shape index (κ2) is 8.57. The lowest BCUT2D eigenvalue weighted by Crippen LogP contribution is -2.36. The first-order valence-electron chi connectivity index (χ1n) is 12.1. The molecule has 1 saturated carbocycles. The summed E-state index contributed by atoms with van der Waals surface area (Å²) in [4.78, 5) is 36.0. The van der Waals surface area contributed by atoms with E-state index in [0.29, 0.717) is 41.4 Å². The Morgan fingerprint density at radius 1 is 1.22 bits per heavy atom. The summed E-state index contributed by atoms with van der Waals surface area (Å²) in [5.41, 5.74) is 3.26. The van der Waals surface area contributed by atoms with Crippen molar-refractivity contribution in [3.63, 3.8) is 0 Å². The molecule has 1 atom stereocenters. The van der Waals surface area contributed by atoms with Crippen LogP contribution >= 0.6 is 11.6 Å². The molecule has 0 radical (unpaired) electrons. The van der Waals surface area contributed by atoms with Crippen molar-refractivity contribution < 1.29 is 9.90 Å². The third kappa shape index (κ3) is 3.72. The zero-order valence-corrected chi connectivity index (χ0v) is 20.6. The van der Waals surface area contributed by atoms with Crippen molar-refractivity contribution in [2.24, 2.45) is 7.05 Å². The molecule has 9 heteroatoms. The highest BCUT2D eigenvalue weighted by molar-refractivity contribution is 6.30. The number of H-pyrrole nitrogens is 1. The summed E-state index contributed by atoms with van der Waals surface area (Å²) in [6.07, 6.45) is 3.59. The second-order valence-electron chi connectivity index (χ2n) is 9.75. The number of benzene rings is 2. The summed E-state index contributed by atoms with van der Waals surface area (Å²) >= 11 is 6.03. The molecule has 1 fully saturated rings. The summed E-state index contributed by atoms with van der Waals surface area (Å²) in [5.74, 6) is 0.233. The SMILES string of the molecule is Cn1ncc2c(C3(c4nc5c(c(=O)[nH]4)CN(C(=O)[C@H](O)c4cccc(Cl)c4)CCC5)CC3)cccc21. The molecule has 1 aliphatic carbocycles. The predicted octanol–water partition coefficient (Wildman–Crippen LogP) is 3.40. The number of hydrogen-bond acceptors (Lipinski definition) is 5. The van der Waals surface area contributed by atoms with Crippen molar-refractivity contribution >= 4 is 28.4 Å². The number of fused-ring (bicyclic) bond motifs is 2. The van der Waals surface area contributed by atoms with E-state index >= 15 is 0 Å². The Morgan fingerprint density at radius 2 is 2.03 bits per heavy atom. The third-order valence-electron chi connectivity index (χ3n) is 7.51. The van der Waals surface area contributed by atoms with Gasteiger partial charge in [0, 0.05) is 24.0 Å². The molecule has 0 bridgehead atoms. The lowest BCUT2D eigenvalue weighted by Gasteiger charge is -2.24. The standard InChI is InChI=1S/C27H26ClN5O3/c1-32-22-9-3-7-20(18(22)14-29-32)27(10-11-27)26-30-21-8-4-12-33(15-19(21)24(35)31-26)25(36)23(34)16-5-2-6-17(28)13-16/h2-3,5-7,9,13-14,23,34H,4,8,10-12,15H2,1H3,(H,30,31,35)/t23-/m1/s1. The zero-order valence-electron chi connectivity index (χ0n) is 19.9. The van der Waals surface area contributed by atoms with Crippen LogP contribution in [0.1, 0.15) is 53.6 Å². The molecule has 6 rings (SSSR count). The van der Waals surface area contributed by atoms with Gasteiger partial charge >= 0.3 is 0 Å². The number of carbonyl (C=O) groups excluding carboxylic acids is 1. The molecule has 8 nitrogen and oxygen atoms in total. The Balaban J connectivity index is 1.33. The number of carbonyl (C=O) groups is 1. The molecule has 184 valence electrons. The van der Waals surface area contributed by atoms with Gasteiger partial charge in [-0.3, -0.25) is 14.3 Å². The van der Waals surface area contributed by atoms with Gasteiger partial charge in [-0.05, 0) is 55.0 Å². The van der Waals surface area contributed by atoms with Crippen LogP contribution in [0.2, 0.25) is 5.02 Å². The smallest absolute Gasteiger partial charge is 0.256 e. The average Bonchev–Trinajstić information content (AvgIpc) is 3.64. The molecular weight excluding hydrogens is 478 g/mol. The van der Waals surface area contributed by atoms with Crippen molar-refractivity contribution in [3.05, 3.63) is 92.2 Å². The quantitative estimate of drug-likeness (QED) is 0.444. The van der Waals surface area contributed by atoms with Gasteiger partial charge in [-0.1, -0.05) is 35.9 Å². The van der Waals surface area contributed by atoms with Gasteiger partial charge in [-0.2, -0.15) is 5.10 Å². The molecule has 2 aromatic heterocycles. The molecule has 2 N–H and O–H groups in total. The Bertz CT molecular complexity index is 1550. The van der Waals surface area contributed by atoms with Crippen LogP contribution in [0, 0.1) is 0 Å². The first-order valence-corrected chi connectivity index (χ1v) is 12.5. The van der Waals surface area contributed by atoms with Gasteiger partial charge in [0.15, 0.2) is 6.10 Å². The molecule has 0 saturated heterocycles. The fourth-order valence-corrected chi connectivity index (χ4v) is 5.58. The maximum Gasteiger partial charge on any atom is 0.256 e. The fraction of sp³-hybridized carbons (Fsp3) is 0.333. The number of aliphatic hydroxyl groups is 1. The number of rotatable bonds is 4. The number of hydrogen-bond donors (Lipinski definition) is 2. The Hall–Kier alpha value is -3.49. The molecule has 2 aliphatic rings. The first-order chi connectivity index (χ1) is 17.4. The van der Waals surface area contributed by atoms with E-state index < -0.39 is 12.0 Å². The number of nitrogens with one attached hydrogen (secondary N) is 1. The highest BCUT2D eigenvalue weighted by Crippen LogP contribution is 2.53. The molecule has 0 unspecified atom stereocenters. The third-order valence-corrected chi connectivity index (χ3v) is 7.75. The van der Waals surface area contributed by atoms with Crippen molar-refractivity contribution in [1.82, 2.24) is 24.6 Å². The lowest BCUT2D eigenvalue weighted by molar-refractivity contribution is -0.141. The molecular formula is C27H26ClN5O3. The van der Waals surface area contributed by atoms with E-state index in [2.05, 4.69) is 16.1 Å². The minimum Gasteiger partial charge on any atom is -0.378 e. The summed E-state index contributed by atoms with van der Waals surface area (Å²) in [6, 6.07) is 12.8. The van der Waals surface area contributed by atoms with E-state index in [1.54, 1.807) is 24.3 Å². The highest BCUT2D eigenvalue weighted by Gasteiger charge is 2.49. The number of amides is 1. The van der Waals surface area contributed by atoms with Crippen LogP contribution in [-0.2, 0) is 30.2 Å². The van der Waals surface area contributed by atoms with Crippen molar-refractivity contribution in [3.8, 4) is 0 Å². The summed E-state index contributed by atoms with van der Waals surface area (Å²) in [6.45, 7) is 0.543. The molecule has 4 aromatic rings.